The number of anilines is 2. The van der Waals surface area contributed by atoms with Crippen LogP contribution in [0.1, 0.15) is 0 Å². The minimum atomic E-state index is -3.22. The first-order valence-corrected chi connectivity index (χ1v) is 11.8. The topological polar surface area (TPSA) is 53.5 Å². The van der Waals surface area contributed by atoms with E-state index in [1.165, 1.54) is 17.6 Å². The number of piperazine rings is 1. The Kier molecular flexibility index (Phi) is 4.96. The molecule has 27 heavy (non-hydrogen) atoms. The van der Waals surface area contributed by atoms with Gasteiger partial charge in [0.2, 0.25) is 0 Å². The van der Waals surface area contributed by atoms with Crippen LogP contribution in [0.5, 0.6) is 0 Å². The van der Waals surface area contributed by atoms with Gasteiger partial charge in [0.15, 0.2) is 15.0 Å². The zero-order chi connectivity index (χ0) is 19.2. The number of thiazole rings is 1. The van der Waals surface area contributed by atoms with Crippen molar-refractivity contribution in [2.75, 3.05) is 42.2 Å². The summed E-state index contributed by atoms with van der Waals surface area (Å²) in [5.74, 6) is 0. The zero-order valence-corrected chi connectivity index (χ0v) is 17.7. The molecule has 0 spiro atoms. The van der Waals surface area contributed by atoms with Gasteiger partial charge in [0.05, 0.1) is 30.8 Å². The van der Waals surface area contributed by atoms with Gasteiger partial charge in [-0.2, -0.15) is 0 Å². The molecule has 4 rings (SSSR count). The highest BCUT2D eigenvalue weighted by molar-refractivity contribution is 7.90. The summed E-state index contributed by atoms with van der Waals surface area (Å²) in [5, 5.41) is 2.05. The molecule has 0 saturated carbocycles. The third-order valence-electron chi connectivity index (χ3n) is 4.60. The molecule has 1 aliphatic rings. The Bertz CT molecular complexity index is 1110. The Labute approximate surface area is 172 Å². The van der Waals surface area contributed by atoms with E-state index in [0.29, 0.717) is 14.9 Å². The average Bonchev–Trinajstić information content (AvgIpc) is 3.07. The predicted molar refractivity (Wildman–Crippen MR) is 114 cm³/mol. The van der Waals surface area contributed by atoms with Gasteiger partial charge in [0.25, 0.3) is 0 Å². The van der Waals surface area contributed by atoms with E-state index < -0.39 is 9.84 Å². The summed E-state index contributed by atoms with van der Waals surface area (Å²) in [6, 6.07) is 10.8. The number of halogens is 2. The molecule has 9 heteroatoms. The Balaban J connectivity index is 1.53. The summed E-state index contributed by atoms with van der Waals surface area (Å²) < 4.78 is 24.4. The molecule has 1 fully saturated rings. The second-order valence-electron chi connectivity index (χ2n) is 6.45. The highest BCUT2D eigenvalue weighted by Crippen LogP contribution is 2.35. The van der Waals surface area contributed by atoms with E-state index in [-0.39, 0.29) is 0 Å². The first-order chi connectivity index (χ1) is 12.8. The first-order valence-electron chi connectivity index (χ1n) is 8.37. The molecule has 0 radical (unpaired) electrons. The summed E-state index contributed by atoms with van der Waals surface area (Å²) in [7, 11) is -3.22. The fraction of sp³-hybridized carbons (Fsp3) is 0.278. The molecule has 1 aromatic heterocycles. The van der Waals surface area contributed by atoms with Gasteiger partial charge in [-0.05, 0) is 30.3 Å². The number of hydrogen-bond donors (Lipinski definition) is 0. The molecular formula is C18H17Cl2N3O2S2. The molecule has 142 valence electrons. The van der Waals surface area contributed by atoms with Crippen LogP contribution >= 0.6 is 34.5 Å². The second kappa shape index (κ2) is 7.13. The second-order valence-corrected chi connectivity index (χ2v) is 10.3. The van der Waals surface area contributed by atoms with Crippen molar-refractivity contribution in [2.24, 2.45) is 0 Å². The van der Waals surface area contributed by atoms with Gasteiger partial charge in [-0.25, -0.2) is 13.4 Å². The van der Waals surface area contributed by atoms with E-state index in [1.807, 2.05) is 12.1 Å². The summed E-state index contributed by atoms with van der Waals surface area (Å²) in [6.07, 6.45) is 1.22. The van der Waals surface area contributed by atoms with Crippen LogP contribution in [0.15, 0.2) is 41.3 Å². The fourth-order valence-electron chi connectivity index (χ4n) is 3.13. The highest BCUT2D eigenvalue weighted by atomic mass is 35.5. The molecule has 2 heterocycles. The molecule has 1 aliphatic heterocycles. The SMILES string of the molecule is CS(=O)(=O)c1ccc2nc(N3CCN(c4cccc(Cl)c4Cl)CC3)sc2c1. The quantitative estimate of drug-likeness (QED) is 0.604. The van der Waals surface area contributed by atoms with E-state index in [9.17, 15) is 8.42 Å². The van der Waals surface area contributed by atoms with Gasteiger partial charge >= 0.3 is 0 Å². The van der Waals surface area contributed by atoms with Gasteiger partial charge in [0.1, 0.15) is 0 Å². The van der Waals surface area contributed by atoms with Crippen molar-refractivity contribution in [2.45, 2.75) is 4.90 Å². The van der Waals surface area contributed by atoms with Crippen molar-refractivity contribution < 1.29 is 8.42 Å². The third kappa shape index (κ3) is 3.74. The highest BCUT2D eigenvalue weighted by Gasteiger charge is 2.22. The van der Waals surface area contributed by atoms with E-state index in [2.05, 4.69) is 14.8 Å². The number of benzene rings is 2. The molecule has 3 aromatic rings. The fourth-order valence-corrected chi connectivity index (χ4v) is 5.33. The maximum atomic E-state index is 11.8. The number of rotatable bonds is 3. The molecule has 5 nitrogen and oxygen atoms in total. The van der Waals surface area contributed by atoms with Crippen molar-refractivity contribution in [3.05, 3.63) is 46.4 Å². The van der Waals surface area contributed by atoms with Crippen molar-refractivity contribution in [3.8, 4) is 0 Å². The van der Waals surface area contributed by atoms with Crippen LogP contribution in [-0.2, 0) is 9.84 Å². The molecule has 0 amide bonds. The van der Waals surface area contributed by atoms with Gasteiger partial charge in [0, 0.05) is 32.4 Å². The van der Waals surface area contributed by atoms with E-state index in [1.54, 1.807) is 24.3 Å². The Morgan fingerprint density at radius 2 is 1.74 bits per heavy atom. The number of fused-ring (bicyclic) bond motifs is 1. The normalized spacial score (nSPS) is 15.5. The summed E-state index contributed by atoms with van der Waals surface area (Å²) >= 11 is 14.0. The summed E-state index contributed by atoms with van der Waals surface area (Å²) in [4.78, 5) is 9.44. The molecule has 1 saturated heterocycles. The molecule has 0 aliphatic carbocycles. The monoisotopic (exact) mass is 441 g/mol. The maximum Gasteiger partial charge on any atom is 0.186 e. The molecular weight excluding hydrogens is 425 g/mol. The lowest BCUT2D eigenvalue weighted by Crippen LogP contribution is -2.46. The van der Waals surface area contributed by atoms with Crippen LogP contribution in [0.4, 0.5) is 10.8 Å². The molecule has 0 N–H and O–H groups in total. The van der Waals surface area contributed by atoms with E-state index >= 15 is 0 Å². The van der Waals surface area contributed by atoms with Crippen molar-refractivity contribution in [1.82, 2.24) is 4.98 Å². The third-order valence-corrected chi connectivity index (χ3v) is 7.60. The van der Waals surface area contributed by atoms with Crippen molar-refractivity contribution >= 4 is 65.4 Å². The van der Waals surface area contributed by atoms with Gasteiger partial charge in [-0.3, -0.25) is 0 Å². The van der Waals surface area contributed by atoms with Gasteiger partial charge in [-0.1, -0.05) is 40.6 Å². The zero-order valence-electron chi connectivity index (χ0n) is 14.5. The van der Waals surface area contributed by atoms with E-state index in [4.69, 9.17) is 23.2 Å². The first kappa shape index (κ1) is 18.8. The molecule has 0 bridgehead atoms. The van der Waals surface area contributed by atoms with Crippen LogP contribution in [0.25, 0.3) is 10.2 Å². The van der Waals surface area contributed by atoms with Gasteiger partial charge < -0.3 is 9.80 Å². The predicted octanol–water partition coefficient (Wildman–Crippen LogP) is 4.33. The Hall–Kier alpha value is -1.54. The molecule has 0 unspecified atom stereocenters. The lowest BCUT2D eigenvalue weighted by atomic mass is 10.2. The van der Waals surface area contributed by atoms with Crippen LogP contribution < -0.4 is 9.80 Å². The smallest absolute Gasteiger partial charge is 0.186 e. The maximum absolute atomic E-state index is 11.8. The molecule has 0 atom stereocenters. The van der Waals surface area contributed by atoms with Crippen molar-refractivity contribution in [1.29, 1.82) is 0 Å². The summed E-state index contributed by atoms with van der Waals surface area (Å²) in [5.41, 5.74) is 1.77. The lowest BCUT2D eigenvalue weighted by Gasteiger charge is -2.36. The Morgan fingerprint density at radius 3 is 2.44 bits per heavy atom. The summed E-state index contributed by atoms with van der Waals surface area (Å²) in [6.45, 7) is 3.23. The number of nitrogens with zero attached hydrogens (tertiary/aromatic N) is 3. The largest absolute Gasteiger partial charge is 0.367 e. The number of aromatic nitrogens is 1. The minimum absolute atomic E-state index is 0.325. The number of sulfone groups is 1. The minimum Gasteiger partial charge on any atom is -0.367 e. The van der Waals surface area contributed by atoms with E-state index in [0.717, 1.165) is 47.2 Å². The van der Waals surface area contributed by atoms with Gasteiger partial charge in [-0.15, -0.1) is 0 Å². The average molecular weight is 442 g/mol. The Morgan fingerprint density at radius 1 is 1.04 bits per heavy atom. The molecule has 2 aromatic carbocycles. The van der Waals surface area contributed by atoms with Crippen molar-refractivity contribution in [3.63, 3.8) is 0 Å². The lowest BCUT2D eigenvalue weighted by molar-refractivity contribution is 0.602. The van der Waals surface area contributed by atoms with Crippen LogP contribution in [0, 0.1) is 0 Å². The number of hydrogen-bond acceptors (Lipinski definition) is 6. The van der Waals surface area contributed by atoms with Crippen LogP contribution in [0.3, 0.4) is 0 Å². The van der Waals surface area contributed by atoms with Crippen LogP contribution in [0.2, 0.25) is 10.0 Å². The standard InChI is InChI=1S/C18H17Cl2N3O2S2/c1-27(24,25)12-5-6-14-16(11-12)26-18(21-14)23-9-7-22(8-10-23)15-4-2-3-13(19)17(15)20/h2-6,11H,7-10H2,1H3. The van der Waals surface area contributed by atoms with Crippen LogP contribution in [-0.4, -0.2) is 45.8 Å².